The Hall–Kier alpha value is -3.52. The second-order valence-electron chi connectivity index (χ2n) is 8.96. The number of rotatable bonds is 8. The third kappa shape index (κ3) is 4.84. The van der Waals surface area contributed by atoms with E-state index in [-0.39, 0.29) is 17.4 Å². The number of nitrogens with zero attached hydrogens (tertiary/aromatic N) is 2. The molecule has 8 heteroatoms. The van der Waals surface area contributed by atoms with E-state index >= 15 is 0 Å². The first-order valence-corrected chi connectivity index (χ1v) is 11.8. The molecule has 2 aromatic rings. The molecule has 1 unspecified atom stereocenters. The Morgan fingerprint density at radius 2 is 1.97 bits per heavy atom. The quantitative estimate of drug-likeness (QED) is 0.266. The maximum atomic E-state index is 13.3. The van der Waals surface area contributed by atoms with E-state index in [1.54, 1.807) is 31.4 Å². The van der Waals surface area contributed by atoms with Crippen molar-refractivity contribution in [2.24, 2.45) is 0 Å². The highest BCUT2D eigenvalue weighted by atomic mass is 16.5. The number of methoxy groups -OCH3 is 1. The van der Waals surface area contributed by atoms with Gasteiger partial charge in [-0.1, -0.05) is 18.2 Å². The predicted molar refractivity (Wildman–Crippen MR) is 133 cm³/mol. The number of likely N-dealkylation sites (tertiary alicyclic amines) is 1. The van der Waals surface area contributed by atoms with Crippen molar-refractivity contribution in [1.82, 2.24) is 4.90 Å². The lowest BCUT2D eigenvalue weighted by Crippen LogP contribution is -2.31. The van der Waals surface area contributed by atoms with Crippen molar-refractivity contribution >= 4 is 23.1 Å². The number of benzene rings is 2. The van der Waals surface area contributed by atoms with Gasteiger partial charge in [0.25, 0.3) is 11.7 Å². The lowest BCUT2D eigenvalue weighted by atomic mass is 9.94. The van der Waals surface area contributed by atoms with E-state index in [9.17, 15) is 14.7 Å². The van der Waals surface area contributed by atoms with E-state index < -0.39 is 17.7 Å². The number of aliphatic hydroxyl groups excluding tert-OH is 1. The van der Waals surface area contributed by atoms with Gasteiger partial charge in [-0.15, -0.1) is 0 Å². The Kier molecular flexibility index (Phi) is 7.31. The molecule has 2 heterocycles. The van der Waals surface area contributed by atoms with E-state index in [4.69, 9.17) is 14.2 Å². The van der Waals surface area contributed by atoms with Crippen LogP contribution in [0.25, 0.3) is 5.76 Å². The number of hydrogen-bond donors (Lipinski definition) is 1. The number of likely N-dealkylation sites (N-methyl/N-ethyl adjacent to an activating group) is 1. The van der Waals surface area contributed by atoms with Crippen LogP contribution in [0.2, 0.25) is 0 Å². The van der Waals surface area contributed by atoms with Gasteiger partial charge < -0.3 is 29.1 Å². The van der Waals surface area contributed by atoms with Crippen LogP contribution in [0.1, 0.15) is 37.4 Å². The molecule has 1 amide bonds. The number of anilines is 1. The highest BCUT2D eigenvalue weighted by molar-refractivity contribution is 6.46. The maximum Gasteiger partial charge on any atom is 0.295 e. The summed E-state index contributed by atoms with van der Waals surface area (Å²) in [6, 6.07) is 11.7. The molecule has 4 rings (SSSR count). The zero-order valence-electron chi connectivity index (χ0n) is 20.6. The molecule has 1 atom stereocenters. The highest BCUT2D eigenvalue weighted by Crippen LogP contribution is 2.43. The van der Waals surface area contributed by atoms with Gasteiger partial charge in [-0.25, -0.2) is 0 Å². The molecule has 2 aliphatic heterocycles. The number of hydrogen-bond acceptors (Lipinski definition) is 7. The van der Waals surface area contributed by atoms with E-state index in [1.807, 2.05) is 44.0 Å². The molecular formula is C27H32N2O6. The van der Waals surface area contributed by atoms with Crippen LogP contribution in [0.5, 0.6) is 11.5 Å². The number of carbonyl (C=O) groups excluding carboxylic acids is 2. The molecule has 0 aromatic heterocycles. The molecule has 1 saturated heterocycles. The molecule has 35 heavy (non-hydrogen) atoms. The summed E-state index contributed by atoms with van der Waals surface area (Å²) >= 11 is 0. The predicted octanol–water partition coefficient (Wildman–Crippen LogP) is 3.76. The molecule has 0 radical (unpaired) electrons. The molecule has 1 fully saturated rings. The van der Waals surface area contributed by atoms with Crippen LogP contribution < -0.4 is 14.4 Å². The Morgan fingerprint density at radius 1 is 1.20 bits per heavy atom. The number of ether oxygens (including phenoxy) is 3. The van der Waals surface area contributed by atoms with Gasteiger partial charge in [-0.05, 0) is 44.5 Å². The van der Waals surface area contributed by atoms with E-state index in [2.05, 4.69) is 0 Å². The molecule has 2 aliphatic rings. The van der Waals surface area contributed by atoms with Crippen LogP contribution in [0.4, 0.5) is 5.69 Å². The van der Waals surface area contributed by atoms with Crippen LogP contribution in [0.15, 0.2) is 48.0 Å². The third-order valence-corrected chi connectivity index (χ3v) is 6.30. The van der Waals surface area contributed by atoms with Crippen LogP contribution in [-0.2, 0) is 14.3 Å². The lowest BCUT2D eigenvalue weighted by Gasteiger charge is -2.28. The highest BCUT2D eigenvalue weighted by Gasteiger charge is 2.46. The van der Waals surface area contributed by atoms with Gasteiger partial charge >= 0.3 is 0 Å². The number of carbonyl (C=O) groups is 2. The first kappa shape index (κ1) is 24.6. The minimum Gasteiger partial charge on any atom is -0.507 e. The number of ketones is 1. The third-order valence-electron chi connectivity index (χ3n) is 6.30. The second-order valence-corrected chi connectivity index (χ2v) is 8.96. The topological polar surface area (TPSA) is 88.5 Å². The molecule has 1 N–H and O–H groups in total. The summed E-state index contributed by atoms with van der Waals surface area (Å²) in [5.41, 5.74) is 1.94. The first-order valence-electron chi connectivity index (χ1n) is 11.8. The van der Waals surface area contributed by atoms with E-state index in [0.717, 1.165) is 5.69 Å². The fourth-order valence-electron chi connectivity index (χ4n) is 4.53. The van der Waals surface area contributed by atoms with Crippen LogP contribution in [-0.4, -0.2) is 68.3 Å². The fraction of sp³-hybridized carbons (Fsp3) is 0.407. The van der Waals surface area contributed by atoms with Crippen LogP contribution in [0.3, 0.4) is 0 Å². The van der Waals surface area contributed by atoms with Gasteiger partial charge in [0, 0.05) is 31.3 Å². The SMILES string of the molecule is COc1ccccc1C1/C(=C(\O)c2ccc3c(c2)N(C)CCO3)C(=O)C(=O)N1CCCOC(C)C. The fourth-order valence-corrected chi connectivity index (χ4v) is 4.53. The van der Waals surface area contributed by atoms with Crippen molar-refractivity contribution in [3.8, 4) is 11.5 Å². The smallest absolute Gasteiger partial charge is 0.295 e. The molecular weight excluding hydrogens is 448 g/mol. The number of para-hydroxylation sites is 1. The molecule has 8 nitrogen and oxygen atoms in total. The monoisotopic (exact) mass is 480 g/mol. The average molecular weight is 481 g/mol. The number of amides is 1. The largest absolute Gasteiger partial charge is 0.507 e. The zero-order chi connectivity index (χ0) is 25.1. The molecule has 0 spiro atoms. The van der Waals surface area contributed by atoms with E-state index in [0.29, 0.717) is 55.4 Å². The molecule has 2 aromatic carbocycles. The van der Waals surface area contributed by atoms with Gasteiger partial charge in [0.15, 0.2) is 0 Å². The normalized spacial score (nSPS) is 19.2. The summed E-state index contributed by atoms with van der Waals surface area (Å²) in [7, 11) is 3.49. The minimum atomic E-state index is -0.782. The molecule has 0 bridgehead atoms. The van der Waals surface area contributed by atoms with Gasteiger partial charge in [0.2, 0.25) is 0 Å². The standard InChI is InChI=1S/C27H32N2O6/c1-17(2)34-14-7-12-29-24(19-8-5-6-9-21(19)33-4)23(26(31)27(29)32)25(30)18-10-11-22-20(16-18)28(3)13-15-35-22/h5-6,8-11,16-17,24,30H,7,12-15H2,1-4H3/b25-23+. The zero-order valence-corrected chi connectivity index (χ0v) is 20.6. The van der Waals surface area contributed by atoms with Crippen LogP contribution >= 0.6 is 0 Å². The summed E-state index contributed by atoms with van der Waals surface area (Å²) in [4.78, 5) is 30.0. The van der Waals surface area contributed by atoms with Gasteiger partial charge in [-0.3, -0.25) is 9.59 Å². The summed E-state index contributed by atoms with van der Waals surface area (Å²) in [5, 5.41) is 11.4. The Labute approximate surface area is 205 Å². The Bertz CT molecular complexity index is 1140. The van der Waals surface area contributed by atoms with Crippen molar-refractivity contribution in [3.63, 3.8) is 0 Å². The Balaban J connectivity index is 1.79. The maximum absolute atomic E-state index is 13.3. The summed E-state index contributed by atoms with van der Waals surface area (Å²) in [6.07, 6.45) is 0.624. The number of Topliss-reactive ketones (excluding diaryl/α,β-unsaturated/α-hetero) is 1. The van der Waals surface area contributed by atoms with Crippen LogP contribution in [0, 0.1) is 0 Å². The summed E-state index contributed by atoms with van der Waals surface area (Å²) in [6.45, 7) is 5.94. The number of fused-ring (bicyclic) bond motifs is 1. The van der Waals surface area contributed by atoms with Crippen molar-refractivity contribution in [2.75, 3.05) is 45.4 Å². The van der Waals surface area contributed by atoms with Crippen molar-refractivity contribution < 1.29 is 28.9 Å². The summed E-state index contributed by atoms with van der Waals surface area (Å²) < 4.78 is 16.9. The number of aliphatic hydroxyl groups is 1. The summed E-state index contributed by atoms with van der Waals surface area (Å²) in [5.74, 6) is -0.340. The van der Waals surface area contributed by atoms with Crippen molar-refractivity contribution in [1.29, 1.82) is 0 Å². The molecule has 0 saturated carbocycles. The molecule has 0 aliphatic carbocycles. The van der Waals surface area contributed by atoms with Crippen molar-refractivity contribution in [3.05, 3.63) is 59.2 Å². The molecule has 186 valence electrons. The van der Waals surface area contributed by atoms with Gasteiger partial charge in [0.1, 0.15) is 23.9 Å². The minimum absolute atomic E-state index is 0.0450. The second kappa shape index (κ2) is 10.4. The Morgan fingerprint density at radius 3 is 2.71 bits per heavy atom. The van der Waals surface area contributed by atoms with Gasteiger partial charge in [0.05, 0.1) is 37.1 Å². The average Bonchev–Trinajstić information content (AvgIpc) is 3.11. The lowest BCUT2D eigenvalue weighted by molar-refractivity contribution is -0.140. The van der Waals surface area contributed by atoms with Gasteiger partial charge in [-0.2, -0.15) is 0 Å². The van der Waals surface area contributed by atoms with E-state index in [1.165, 1.54) is 4.90 Å². The first-order chi connectivity index (χ1) is 16.8. The van der Waals surface area contributed by atoms with Crippen molar-refractivity contribution in [2.45, 2.75) is 32.4 Å².